The average molecular weight is 395 g/mol. The molecule has 1 fully saturated rings. The van der Waals surface area contributed by atoms with Gasteiger partial charge in [0.05, 0.1) is 30.5 Å². The van der Waals surface area contributed by atoms with Crippen molar-refractivity contribution in [2.75, 3.05) is 13.1 Å². The molecular formula is C22H22FN3O3. The van der Waals surface area contributed by atoms with Crippen molar-refractivity contribution in [1.29, 1.82) is 0 Å². The fraction of sp³-hybridized carbons (Fsp3) is 0.364. The molecule has 4 heterocycles. The Bertz CT molecular complexity index is 1100. The molecule has 6 nitrogen and oxygen atoms in total. The van der Waals surface area contributed by atoms with Crippen LogP contribution in [0.3, 0.4) is 0 Å². The van der Waals surface area contributed by atoms with Gasteiger partial charge in [-0.2, -0.15) is 0 Å². The molecule has 1 atom stereocenters. The number of likely N-dealkylation sites (tertiary alicyclic amines) is 1. The second kappa shape index (κ2) is 6.56. The molecule has 7 heteroatoms. The molecular weight excluding hydrogens is 373 g/mol. The summed E-state index contributed by atoms with van der Waals surface area (Å²) in [6.45, 7) is 5.75. The van der Waals surface area contributed by atoms with Gasteiger partial charge in [0.2, 0.25) is 0 Å². The van der Waals surface area contributed by atoms with Gasteiger partial charge in [-0.3, -0.25) is 4.79 Å². The Labute approximate surface area is 167 Å². The quantitative estimate of drug-likeness (QED) is 0.664. The van der Waals surface area contributed by atoms with E-state index in [1.165, 1.54) is 12.1 Å². The highest BCUT2D eigenvalue weighted by atomic mass is 19.1. The molecule has 0 bridgehead atoms. The van der Waals surface area contributed by atoms with Gasteiger partial charge in [0.25, 0.3) is 5.91 Å². The van der Waals surface area contributed by atoms with Crippen LogP contribution in [0.1, 0.15) is 34.1 Å². The number of hydrogen-bond acceptors (Lipinski definition) is 4. The Morgan fingerprint density at radius 3 is 2.86 bits per heavy atom. The van der Waals surface area contributed by atoms with Gasteiger partial charge in [-0.1, -0.05) is 12.1 Å². The van der Waals surface area contributed by atoms with Gasteiger partial charge in [0.1, 0.15) is 35.4 Å². The van der Waals surface area contributed by atoms with E-state index in [1.807, 2.05) is 24.8 Å². The minimum atomic E-state index is -0.460. The van der Waals surface area contributed by atoms with E-state index in [0.29, 0.717) is 37.6 Å². The molecule has 0 saturated carbocycles. The first-order chi connectivity index (χ1) is 13.9. The Morgan fingerprint density at radius 1 is 1.24 bits per heavy atom. The lowest BCUT2D eigenvalue weighted by atomic mass is 10.0. The molecule has 0 aliphatic carbocycles. The lowest BCUT2D eigenvalue weighted by molar-refractivity contribution is -0.0804. The van der Waals surface area contributed by atoms with Crippen LogP contribution >= 0.6 is 0 Å². The SMILES string of the molecule is Cc1cc(C(=O)N2CC[C@@]3(C2)Cn2c(-c4cccc(F)c4)cnc2CO3)c(C)o1. The number of aryl methyl sites for hydroxylation is 2. The number of furan rings is 1. The zero-order valence-corrected chi connectivity index (χ0v) is 16.4. The second-order valence-corrected chi connectivity index (χ2v) is 7.93. The Hall–Kier alpha value is -2.93. The van der Waals surface area contributed by atoms with Crippen LogP contribution in [-0.2, 0) is 17.9 Å². The van der Waals surface area contributed by atoms with Gasteiger partial charge in [0.15, 0.2) is 0 Å². The topological polar surface area (TPSA) is 60.5 Å². The number of rotatable bonds is 2. The number of benzene rings is 1. The molecule has 2 aliphatic heterocycles. The van der Waals surface area contributed by atoms with Crippen LogP contribution in [0.15, 0.2) is 40.9 Å². The highest BCUT2D eigenvalue weighted by Gasteiger charge is 2.45. The molecule has 0 unspecified atom stereocenters. The van der Waals surface area contributed by atoms with Crippen molar-refractivity contribution in [1.82, 2.24) is 14.5 Å². The van der Waals surface area contributed by atoms with Crippen LogP contribution in [0.4, 0.5) is 4.39 Å². The predicted molar refractivity (Wildman–Crippen MR) is 104 cm³/mol. The standard InChI is InChI=1S/C22H22FN3O3/c1-14-8-18(15(2)29-14)21(27)25-7-6-22(12-25)13-26-19(10-24-20(26)11-28-22)16-4-3-5-17(23)9-16/h3-5,8-10H,6-7,11-13H2,1-2H3/t22-/m1/s1. The number of hydrogen-bond donors (Lipinski definition) is 0. The lowest BCUT2D eigenvalue weighted by Gasteiger charge is -2.35. The summed E-state index contributed by atoms with van der Waals surface area (Å²) < 4.78 is 27.5. The average Bonchev–Trinajstić information content (AvgIpc) is 3.38. The zero-order valence-electron chi connectivity index (χ0n) is 16.4. The van der Waals surface area contributed by atoms with Crippen LogP contribution in [0.25, 0.3) is 11.3 Å². The van der Waals surface area contributed by atoms with E-state index in [2.05, 4.69) is 9.55 Å². The third-order valence-corrected chi connectivity index (χ3v) is 5.89. The summed E-state index contributed by atoms with van der Waals surface area (Å²) >= 11 is 0. The summed E-state index contributed by atoms with van der Waals surface area (Å²) in [5.41, 5.74) is 1.81. The molecule has 5 rings (SSSR count). The Kier molecular flexibility index (Phi) is 4.10. The number of nitrogens with zero attached hydrogens (tertiary/aromatic N) is 3. The smallest absolute Gasteiger partial charge is 0.257 e. The summed E-state index contributed by atoms with van der Waals surface area (Å²) in [5, 5.41) is 0. The third kappa shape index (κ3) is 3.06. The summed E-state index contributed by atoms with van der Waals surface area (Å²) in [5.74, 6) is 1.89. The first-order valence-electron chi connectivity index (χ1n) is 9.75. The van der Waals surface area contributed by atoms with E-state index >= 15 is 0 Å². The van der Waals surface area contributed by atoms with E-state index in [1.54, 1.807) is 18.3 Å². The predicted octanol–water partition coefficient (Wildman–Crippen LogP) is 3.71. The van der Waals surface area contributed by atoms with E-state index in [0.717, 1.165) is 29.3 Å². The molecule has 1 aromatic carbocycles. The number of imidazole rings is 1. The van der Waals surface area contributed by atoms with Crippen molar-refractivity contribution in [2.24, 2.45) is 0 Å². The molecule has 29 heavy (non-hydrogen) atoms. The maximum atomic E-state index is 13.7. The first kappa shape index (κ1) is 18.1. The maximum absolute atomic E-state index is 13.7. The molecule has 0 radical (unpaired) electrons. The van der Waals surface area contributed by atoms with Gasteiger partial charge < -0.3 is 18.6 Å². The van der Waals surface area contributed by atoms with Gasteiger partial charge in [0, 0.05) is 12.1 Å². The Balaban J connectivity index is 1.40. The largest absolute Gasteiger partial charge is 0.466 e. The highest BCUT2D eigenvalue weighted by Crippen LogP contribution is 2.36. The van der Waals surface area contributed by atoms with E-state index in [4.69, 9.17) is 9.15 Å². The Morgan fingerprint density at radius 2 is 2.10 bits per heavy atom. The number of amides is 1. The maximum Gasteiger partial charge on any atom is 0.257 e. The van der Waals surface area contributed by atoms with Gasteiger partial charge in [-0.05, 0) is 38.5 Å². The number of fused-ring (bicyclic) bond motifs is 1. The van der Waals surface area contributed by atoms with Crippen molar-refractivity contribution in [3.05, 3.63) is 65.3 Å². The normalized spacial score (nSPS) is 21.0. The van der Waals surface area contributed by atoms with Crippen molar-refractivity contribution in [3.8, 4) is 11.3 Å². The minimum Gasteiger partial charge on any atom is -0.466 e. The zero-order chi connectivity index (χ0) is 20.2. The van der Waals surface area contributed by atoms with Gasteiger partial charge >= 0.3 is 0 Å². The fourth-order valence-corrected chi connectivity index (χ4v) is 4.41. The molecule has 0 N–H and O–H groups in total. The molecule has 1 saturated heterocycles. The van der Waals surface area contributed by atoms with Crippen molar-refractivity contribution >= 4 is 5.91 Å². The van der Waals surface area contributed by atoms with Gasteiger partial charge in [-0.25, -0.2) is 9.37 Å². The molecule has 3 aromatic rings. The number of halogens is 1. The summed E-state index contributed by atoms with van der Waals surface area (Å²) in [6, 6.07) is 8.32. The number of ether oxygens (including phenoxy) is 1. The summed E-state index contributed by atoms with van der Waals surface area (Å²) in [4.78, 5) is 19.3. The third-order valence-electron chi connectivity index (χ3n) is 5.89. The van der Waals surface area contributed by atoms with Crippen LogP contribution in [-0.4, -0.2) is 39.0 Å². The van der Waals surface area contributed by atoms with E-state index < -0.39 is 5.60 Å². The van der Waals surface area contributed by atoms with Crippen molar-refractivity contribution in [3.63, 3.8) is 0 Å². The molecule has 2 aromatic heterocycles. The van der Waals surface area contributed by atoms with E-state index in [9.17, 15) is 9.18 Å². The van der Waals surface area contributed by atoms with Crippen LogP contribution in [0, 0.1) is 19.7 Å². The van der Waals surface area contributed by atoms with Crippen LogP contribution in [0.5, 0.6) is 0 Å². The lowest BCUT2D eigenvalue weighted by Crippen LogP contribution is -2.45. The van der Waals surface area contributed by atoms with Crippen LogP contribution < -0.4 is 0 Å². The van der Waals surface area contributed by atoms with E-state index in [-0.39, 0.29) is 11.7 Å². The van der Waals surface area contributed by atoms with Crippen LogP contribution in [0.2, 0.25) is 0 Å². The molecule has 1 amide bonds. The molecule has 150 valence electrons. The van der Waals surface area contributed by atoms with Gasteiger partial charge in [-0.15, -0.1) is 0 Å². The minimum absolute atomic E-state index is 0.0263. The summed E-state index contributed by atoms with van der Waals surface area (Å²) in [7, 11) is 0. The number of aromatic nitrogens is 2. The molecule has 1 spiro atoms. The summed E-state index contributed by atoms with van der Waals surface area (Å²) in [6.07, 6.45) is 2.51. The second-order valence-electron chi connectivity index (χ2n) is 7.93. The van der Waals surface area contributed by atoms with Crippen molar-refractivity contribution in [2.45, 2.75) is 39.0 Å². The number of carbonyl (C=O) groups is 1. The molecule has 2 aliphatic rings. The fourth-order valence-electron chi connectivity index (χ4n) is 4.41. The monoisotopic (exact) mass is 395 g/mol. The number of carbonyl (C=O) groups excluding carboxylic acids is 1. The first-order valence-corrected chi connectivity index (χ1v) is 9.75. The highest BCUT2D eigenvalue weighted by molar-refractivity contribution is 5.95. The van der Waals surface area contributed by atoms with Crippen molar-refractivity contribution < 1.29 is 18.3 Å².